The summed E-state index contributed by atoms with van der Waals surface area (Å²) in [6.45, 7) is 6.77. The molecule has 0 aliphatic heterocycles. The Balaban J connectivity index is 2.43. The average molecular weight is 156 g/mol. The molecule has 3 unspecified atom stereocenters. The van der Waals surface area contributed by atoms with Gasteiger partial charge in [-0.05, 0) is 37.0 Å². The molecule has 3 atom stereocenters. The monoisotopic (exact) mass is 156 g/mol. The van der Waals surface area contributed by atoms with Gasteiger partial charge in [0, 0.05) is 0 Å². The molecular formula is C10H20O. The molecule has 1 N–H and O–H groups in total. The molecule has 0 radical (unpaired) electrons. The molecule has 11 heavy (non-hydrogen) atoms. The molecule has 1 aliphatic rings. The van der Waals surface area contributed by atoms with Gasteiger partial charge in [-0.3, -0.25) is 0 Å². The molecule has 1 fully saturated rings. The maximum absolute atomic E-state index is 9.50. The minimum atomic E-state index is -0.0221. The summed E-state index contributed by atoms with van der Waals surface area (Å²) in [7, 11) is 0. The third-order valence-electron chi connectivity index (χ3n) is 2.90. The molecule has 0 aromatic carbocycles. The van der Waals surface area contributed by atoms with Crippen LogP contribution in [0.4, 0.5) is 0 Å². The second kappa shape index (κ2) is 3.57. The van der Waals surface area contributed by atoms with E-state index in [0.29, 0.717) is 0 Å². The highest BCUT2D eigenvalue weighted by atomic mass is 16.3. The first-order valence-electron chi connectivity index (χ1n) is 4.77. The lowest BCUT2D eigenvalue weighted by Crippen LogP contribution is -2.27. The van der Waals surface area contributed by atoms with E-state index in [1.54, 1.807) is 0 Å². The van der Waals surface area contributed by atoms with Crippen LogP contribution >= 0.6 is 0 Å². The van der Waals surface area contributed by atoms with E-state index >= 15 is 0 Å². The molecule has 0 aromatic rings. The maximum Gasteiger partial charge on any atom is 0.0545 e. The van der Waals surface area contributed by atoms with Crippen molar-refractivity contribution in [3.8, 4) is 0 Å². The SMILES string of the molecule is CC1CC(O)CC(C(C)C)C1. The third kappa shape index (κ3) is 2.48. The van der Waals surface area contributed by atoms with Crippen molar-refractivity contribution in [1.29, 1.82) is 0 Å². The van der Waals surface area contributed by atoms with Crippen LogP contribution in [0, 0.1) is 17.8 Å². The minimum absolute atomic E-state index is 0.0221. The summed E-state index contributed by atoms with van der Waals surface area (Å²) in [5.41, 5.74) is 0. The lowest BCUT2D eigenvalue weighted by atomic mass is 9.76. The Morgan fingerprint density at radius 2 is 1.82 bits per heavy atom. The molecule has 0 heterocycles. The summed E-state index contributed by atoms with van der Waals surface area (Å²) in [6.07, 6.45) is 3.34. The average Bonchev–Trinajstić information content (AvgIpc) is 1.85. The molecule has 66 valence electrons. The lowest BCUT2D eigenvalue weighted by molar-refractivity contribution is 0.0599. The fraction of sp³-hybridized carbons (Fsp3) is 1.00. The Kier molecular flexibility index (Phi) is 2.94. The maximum atomic E-state index is 9.50. The Morgan fingerprint density at radius 1 is 1.18 bits per heavy atom. The smallest absolute Gasteiger partial charge is 0.0545 e. The molecule has 0 spiro atoms. The topological polar surface area (TPSA) is 20.2 Å². The van der Waals surface area contributed by atoms with Gasteiger partial charge in [-0.15, -0.1) is 0 Å². The van der Waals surface area contributed by atoms with Crippen molar-refractivity contribution >= 4 is 0 Å². The molecule has 1 rings (SSSR count). The Hall–Kier alpha value is -0.0400. The van der Waals surface area contributed by atoms with E-state index in [4.69, 9.17) is 0 Å². The predicted octanol–water partition coefficient (Wildman–Crippen LogP) is 2.44. The van der Waals surface area contributed by atoms with Gasteiger partial charge in [-0.25, -0.2) is 0 Å². The minimum Gasteiger partial charge on any atom is -0.393 e. The summed E-state index contributed by atoms with van der Waals surface area (Å²) in [4.78, 5) is 0. The van der Waals surface area contributed by atoms with Crippen molar-refractivity contribution in [2.45, 2.75) is 46.1 Å². The van der Waals surface area contributed by atoms with Crippen LogP contribution in [0.3, 0.4) is 0 Å². The summed E-state index contributed by atoms with van der Waals surface area (Å²) in [5, 5.41) is 9.50. The summed E-state index contributed by atoms with van der Waals surface area (Å²) in [6, 6.07) is 0. The van der Waals surface area contributed by atoms with Gasteiger partial charge >= 0.3 is 0 Å². The zero-order chi connectivity index (χ0) is 8.43. The van der Waals surface area contributed by atoms with Gasteiger partial charge in [0.25, 0.3) is 0 Å². The molecule has 0 saturated heterocycles. The van der Waals surface area contributed by atoms with Crippen LogP contribution < -0.4 is 0 Å². The van der Waals surface area contributed by atoms with Crippen LogP contribution in [-0.2, 0) is 0 Å². The lowest BCUT2D eigenvalue weighted by Gasteiger charge is -2.32. The van der Waals surface area contributed by atoms with E-state index in [0.717, 1.165) is 30.6 Å². The van der Waals surface area contributed by atoms with Crippen LogP contribution in [0.5, 0.6) is 0 Å². The van der Waals surface area contributed by atoms with Crippen molar-refractivity contribution in [2.75, 3.05) is 0 Å². The van der Waals surface area contributed by atoms with Gasteiger partial charge in [0.1, 0.15) is 0 Å². The highest BCUT2D eigenvalue weighted by molar-refractivity contribution is 4.77. The molecule has 1 nitrogen and oxygen atoms in total. The van der Waals surface area contributed by atoms with E-state index in [2.05, 4.69) is 20.8 Å². The van der Waals surface area contributed by atoms with Crippen molar-refractivity contribution in [3.05, 3.63) is 0 Å². The van der Waals surface area contributed by atoms with Gasteiger partial charge < -0.3 is 5.11 Å². The van der Waals surface area contributed by atoms with Gasteiger partial charge in [0.05, 0.1) is 6.10 Å². The Morgan fingerprint density at radius 3 is 2.27 bits per heavy atom. The molecule has 0 bridgehead atoms. The Labute approximate surface area is 69.8 Å². The fourth-order valence-corrected chi connectivity index (χ4v) is 2.16. The first-order valence-corrected chi connectivity index (χ1v) is 4.77. The van der Waals surface area contributed by atoms with Crippen LogP contribution in [-0.4, -0.2) is 11.2 Å². The Bertz CT molecular complexity index is 110. The summed E-state index contributed by atoms with van der Waals surface area (Å²) >= 11 is 0. The zero-order valence-corrected chi connectivity index (χ0v) is 7.88. The van der Waals surface area contributed by atoms with E-state index in [1.165, 1.54) is 6.42 Å². The van der Waals surface area contributed by atoms with Crippen LogP contribution in [0.25, 0.3) is 0 Å². The molecule has 0 amide bonds. The largest absolute Gasteiger partial charge is 0.393 e. The number of aliphatic hydroxyl groups excluding tert-OH is 1. The van der Waals surface area contributed by atoms with Crippen LogP contribution in [0.15, 0.2) is 0 Å². The van der Waals surface area contributed by atoms with Gasteiger partial charge in [-0.2, -0.15) is 0 Å². The number of rotatable bonds is 1. The number of aliphatic hydroxyl groups is 1. The highest BCUT2D eigenvalue weighted by Crippen LogP contribution is 2.33. The fourth-order valence-electron chi connectivity index (χ4n) is 2.16. The van der Waals surface area contributed by atoms with E-state index < -0.39 is 0 Å². The van der Waals surface area contributed by atoms with Crippen LogP contribution in [0.1, 0.15) is 40.0 Å². The zero-order valence-electron chi connectivity index (χ0n) is 7.88. The standard InChI is InChI=1S/C10H20O/c1-7(2)9-4-8(3)5-10(11)6-9/h7-11H,4-6H2,1-3H3. The summed E-state index contributed by atoms with van der Waals surface area (Å²) < 4.78 is 0. The molecule has 1 heteroatoms. The number of hydrogen-bond acceptors (Lipinski definition) is 1. The normalized spacial score (nSPS) is 39.5. The van der Waals surface area contributed by atoms with Crippen molar-refractivity contribution in [3.63, 3.8) is 0 Å². The van der Waals surface area contributed by atoms with Crippen molar-refractivity contribution < 1.29 is 5.11 Å². The van der Waals surface area contributed by atoms with Crippen molar-refractivity contribution in [2.24, 2.45) is 17.8 Å². The quantitative estimate of drug-likeness (QED) is 0.618. The van der Waals surface area contributed by atoms with Crippen molar-refractivity contribution in [1.82, 2.24) is 0 Å². The highest BCUT2D eigenvalue weighted by Gasteiger charge is 2.26. The summed E-state index contributed by atoms with van der Waals surface area (Å²) in [5.74, 6) is 2.23. The van der Waals surface area contributed by atoms with E-state index in [-0.39, 0.29) is 6.10 Å². The van der Waals surface area contributed by atoms with Gasteiger partial charge in [0.15, 0.2) is 0 Å². The third-order valence-corrected chi connectivity index (χ3v) is 2.90. The number of hydrogen-bond donors (Lipinski definition) is 1. The van der Waals surface area contributed by atoms with E-state index in [9.17, 15) is 5.11 Å². The van der Waals surface area contributed by atoms with Gasteiger partial charge in [0.2, 0.25) is 0 Å². The molecule has 0 aromatic heterocycles. The van der Waals surface area contributed by atoms with Crippen LogP contribution in [0.2, 0.25) is 0 Å². The van der Waals surface area contributed by atoms with E-state index in [1.807, 2.05) is 0 Å². The first kappa shape index (κ1) is 9.05. The second-order valence-electron chi connectivity index (χ2n) is 4.47. The predicted molar refractivity (Wildman–Crippen MR) is 47.3 cm³/mol. The van der Waals surface area contributed by atoms with Gasteiger partial charge in [-0.1, -0.05) is 20.8 Å². The molecular weight excluding hydrogens is 136 g/mol. The molecule has 1 aliphatic carbocycles. The molecule has 1 saturated carbocycles. The first-order chi connectivity index (χ1) is 5.09. The second-order valence-corrected chi connectivity index (χ2v) is 4.47.